The third-order valence-electron chi connectivity index (χ3n) is 5.33. The first-order valence-electron chi connectivity index (χ1n) is 9.93. The maximum Gasteiger partial charge on any atom is 0.168 e. The maximum absolute atomic E-state index is 11.5. The van der Waals surface area contributed by atoms with Crippen molar-refractivity contribution < 1.29 is 4.79 Å². The van der Waals surface area contributed by atoms with E-state index in [1.807, 2.05) is 66.7 Å². The molecule has 0 spiro atoms. The molecule has 0 aliphatic heterocycles. The molecule has 0 saturated carbocycles. The molecule has 0 saturated heterocycles. The highest BCUT2D eigenvalue weighted by molar-refractivity contribution is 9.10. The first-order valence-corrected chi connectivity index (χ1v) is 10.7. The lowest BCUT2D eigenvalue weighted by Crippen LogP contribution is -2.38. The van der Waals surface area contributed by atoms with Crippen LogP contribution in [0, 0.1) is 5.41 Å². The lowest BCUT2D eigenvalue weighted by molar-refractivity contribution is -0.102. The number of rotatable bonds is 7. The second kappa shape index (κ2) is 9.11. The van der Waals surface area contributed by atoms with E-state index in [1.165, 1.54) is 0 Å². The summed E-state index contributed by atoms with van der Waals surface area (Å²) in [5, 5.41) is 11.9. The van der Waals surface area contributed by atoms with E-state index >= 15 is 0 Å². The van der Waals surface area contributed by atoms with Crippen LogP contribution in [0.25, 0.3) is 0 Å². The van der Waals surface area contributed by atoms with Crippen LogP contribution >= 0.6 is 15.9 Å². The van der Waals surface area contributed by atoms with Gasteiger partial charge in [0.15, 0.2) is 6.29 Å². The van der Waals surface area contributed by atoms with Crippen LogP contribution in [0.2, 0.25) is 0 Å². The third kappa shape index (κ3) is 4.07. The Balaban J connectivity index is 2.03. The van der Waals surface area contributed by atoms with Gasteiger partial charge in [0, 0.05) is 15.7 Å². The summed E-state index contributed by atoms with van der Waals surface area (Å²) in [5.41, 5.74) is 3.60. The molecule has 4 aromatic rings. The van der Waals surface area contributed by atoms with E-state index in [0.717, 1.165) is 21.2 Å². The van der Waals surface area contributed by atoms with Crippen molar-refractivity contribution in [3.63, 3.8) is 0 Å². The molecule has 0 unspecified atom stereocenters. The smallest absolute Gasteiger partial charge is 0.168 e. The van der Waals surface area contributed by atoms with E-state index in [9.17, 15) is 4.79 Å². The van der Waals surface area contributed by atoms with Crippen molar-refractivity contribution in [1.29, 1.82) is 5.41 Å². The highest BCUT2D eigenvalue weighted by Crippen LogP contribution is 2.41. The molecule has 0 aliphatic carbocycles. The Hall–Kier alpha value is -3.50. The number of hydrogen-bond acceptors (Lipinski definition) is 3. The number of hydrogen-bond donors (Lipinski definition) is 2. The Morgan fingerprint density at radius 1 is 0.742 bits per heavy atom. The second-order valence-electron chi connectivity index (χ2n) is 7.19. The maximum atomic E-state index is 11.5. The molecule has 0 aromatic heterocycles. The van der Waals surface area contributed by atoms with Crippen LogP contribution in [0.3, 0.4) is 0 Å². The summed E-state index contributed by atoms with van der Waals surface area (Å²) >= 11 is 3.47. The van der Waals surface area contributed by atoms with Gasteiger partial charge in [-0.3, -0.25) is 10.2 Å². The van der Waals surface area contributed by atoms with Crippen LogP contribution in [-0.4, -0.2) is 12.0 Å². The standard InChI is InChI=1S/C27H21BrN2O/c28-23-16-17-26(24(18-23)25(29)19-31)30-27(20-10-4-1-5-11-20,21-12-6-2-7-13-21)22-14-8-3-9-15-22/h1-19,29-30H. The Morgan fingerprint density at radius 3 is 1.61 bits per heavy atom. The summed E-state index contributed by atoms with van der Waals surface area (Å²) in [6.45, 7) is 0. The van der Waals surface area contributed by atoms with Crippen LogP contribution in [0.5, 0.6) is 0 Å². The number of anilines is 1. The van der Waals surface area contributed by atoms with Crippen LogP contribution in [-0.2, 0) is 10.3 Å². The molecule has 31 heavy (non-hydrogen) atoms. The highest BCUT2D eigenvalue weighted by atomic mass is 79.9. The molecule has 4 aromatic carbocycles. The van der Waals surface area contributed by atoms with Crippen molar-refractivity contribution >= 4 is 33.6 Å². The predicted molar refractivity (Wildman–Crippen MR) is 130 cm³/mol. The molecular formula is C27H21BrN2O. The van der Waals surface area contributed by atoms with Gasteiger partial charge in [0.05, 0.1) is 0 Å². The summed E-state index contributed by atoms with van der Waals surface area (Å²) in [7, 11) is 0. The number of nitrogens with one attached hydrogen (secondary N) is 2. The van der Waals surface area contributed by atoms with Crippen molar-refractivity contribution in [3.05, 3.63) is 136 Å². The van der Waals surface area contributed by atoms with Gasteiger partial charge in [0.1, 0.15) is 11.3 Å². The number of carbonyl (C=O) groups excluding carboxylic acids is 1. The average Bonchev–Trinajstić information content (AvgIpc) is 2.84. The fourth-order valence-corrected chi connectivity index (χ4v) is 4.26. The van der Waals surface area contributed by atoms with Gasteiger partial charge in [0.2, 0.25) is 0 Å². The fourth-order valence-electron chi connectivity index (χ4n) is 3.89. The third-order valence-corrected chi connectivity index (χ3v) is 5.83. The Morgan fingerprint density at radius 2 is 1.19 bits per heavy atom. The average molecular weight is 469 g/mol. The van der Waals surface area contributed by atoms with Gasteiger partial charge in [-0.2, -0.15) is 0 Å². The number of benzene rings is 4. The van der Waals surface area contributed by atoms with E-state index < -0.39 is 5.54 Å². The molecule has 0 aliphatic rings. The van der Waals surface area contributed by atoms with Crippen molar-refractivity contribution in [2.75, 3.05) is 5.32 Å². The van der Waals surface area contributed by atoms with Gasteiger partial charge >= 0.3 is 0 Å². The van der Waals surface area contributed by atoms with Crippen LogP contribution in [0.4, 0.5) is 5.69 Å². The number of halogens is 1. The summed E-state index contributed by atoms with van der Waals surface area (Å²) in [4.78, 5) is 11.5. The van der Waals surface area contributed by atoms with E-state index in [2.05, 4.69) is 57.6 Å². The van der Waals surface area contributed by atoms with Crippen molar-refractivity contribution in [2.24, 2.45) is 0 Å². The summed E-state index contributed by atoms with van der Waals surface area (Å²) in [5.74, 6) is 0. The minimum absolute atomic E-state index is 0.0770. The van der Waals surface area contributed by atoms with Gasteiger partial charge in [-0.25, -0.2) is 0 Å². The Kier molecular flexibility index (Phi) is 6.10. The molecule has 0 fully saturated rings. The van der Waals surface area contributed by atoms with Gasteiger partial charge < -0.3 is 5.32 Å². The number of carbonyl (C=O) groups is 1. The molecule has 0 atom stereocenters. The largest absolute Gasteiger partial charge is 0.367 e. The Bertz CT molecular complexity index is 1100. The van der Waals surface area contributed by atoms with Crippen molar-refractivity contribution in [3.8, 4) is 0 Å². The molecular weight excluding hydrogens is 448 g/mol. The minimum atomic E-state index is -0.727. The van der Waals surface area contributed by atoms with Crippen molar-refractivity contribution in [2.45, 2.75) is 5.54 Å². The molecule has 152 valence electrons. The second-order valence-corrected chi connectivity index (χ2v) is 8.11. The molecule has 3 nitrogen and oxygen atoms in total. The minimum Gasteiger partial charge on any atom is -0.367 e. The van der Waals surface area contributed by atoms with Gasteiger partial charge in [-0.05, 0) is 34.9 Å². The molecule has 0 radical (unpaired) electrons. The summed E-state index contributed by atoms with van der Waals surface area (Å²) in [6.07, 6.45) is 0.572. The first kappa shape index (κ1) is 20.8. The Labute approximate surface area is 190 Å². The molecule has 0 bridgehead atoms. The van der Waals surface area contributed by atoms with Crippen molar-refractivity contribution in [1.82, 2.24) is 0 Å². The zero-order chi connectivity index (χ0) is 21.7. The normalized spacial score (nSPS) is 11.0. The SMILES string of the molecule is N=C(C=O)c1cc(Br)ccc1NC(c1ccccc1)(c1ccccc1)c1ccccc1. The highest BCUT2D eigenvalue weighted by Gasteiger charge is 2.37. The fraction of sp³-hybridized carbons (Fsp3) is 0.0370. The van der Waals surface area contributed by atoms with Crippen LogP contribution in [0.1, 0.15) is 22.3 Å². The molecule has 4 heteroatoms. The van der Waals surface area contributed by atoms with E-state index in [-0.39, 0.29) is 5.71 Å². The zero-order valence-electron chi connectivity index (χ0n) is 16.8. The first-order chi connectivity index (χ1) is 15.1. The van der Waals surface area contributed by atoms with Gasteiger partial charge in [-0.1, -0.05) is 107 Å². The summed E-state index contributed by atoms with van der Waals surface area (Å²) in [6, 6.07) is 36.3. The lowest BCUT2D eigenvalue weighted by Gasteiger charge is -2.38. The van der Waals surface area contributed by atoms with Gasteiger partial charge in [-0.15, -0.1) is 0 Å². The predicted octanol–water partition coefficient (Wildman–Crippen LogP) is 6.42. The summed E-state index contributed by atoms with van der Waals surface area (Å²) < 4.78 is 0.810. The van der Waals surface area contributed by atoms with Crippen LogP contribution in [0.15, 0.2) is 114 Å². The molecule has 0 amide bonds. The van der Waals surface area contributed by atoms with E-state index in [0.29, 0.717) is 17.5 Å². The van der Waals surface area contributed by atoms with Crippen LogP contribution < -0.4 is 5.32 Å². The number of aldehydes is 1. The molecule has 0 heterocycles. The molecule has 4 rings (SSSR count). The lowest BCUT2D eigenvalue weighted by atomic mass is 9.76. The topological polar surface area (TPSA) is 53.0 Å². The van der Waals surface area contributed by atoms with E-state index in [4.69, 9.17) is 5.41 Å². The van der Waals surface area contributed by atoms with E-state index in [1.54, 1.807) is 6.07 Å². The quantitative estimate of drug-likeness (QED) is 0.186. The monoisotopic (exact) mass is 468 g/mol. The zero-order valence-corrected chi connectivity index (χ0v) is 18.3. The molecule has 2 N–H and O–H groups in total. The van der Waals surface area contributed by atoms with Gasteiger partial charge in [0.25, 0.3) is 0 Å².